The molecule has 1 fully saturated rings. The number of methoxy groups -OCH3 is 1. The zero-order valence-electron chi connectivity index (χ0n) is 22.4. The highest BCUT2D eigenvalue weighted by molar-refractivity contribution is 5.80. The van der Waals surface area contributed by atoms with Gasteiger partial charge in [0.25, 0.3) is 5.56 Å². The van der Waals surface area contributed by atoms with Gasteiger partial charge in [0.05, 0.1) is 24.6 Å². The number of carbonyl (C=O) groups is 1. The Morgan fingerprint density at radius 3 is 2.44 bits per heavy atom. The first-order valence-electron chi connectivity index (χ1n) is 13.2. The molecule has 1 aliphatic heterocycles. The fourth-order valence-corrected chi connectivity index (χ4v) is 5.17. The molecule has 214 valence electrons. The molecule has 0 atom stereocenters. The maximum absolute atomic E-state index is 13.9. The van der Waals surface area contributed by atoms with Crippen LogP contribution in [0.15, 0.2) is 64.7 Å². The van der Waals surface area contributed by atoms with Gasteiger partial charge in [0.15, 0.2) is 6.10 Å². The van der Waals surface area contributed by atoms with Gasteiger partial charge < -0.3 is 14.4 Å². The lowest BCUT2D eigenvalue weighted by Crippen LogP contribution is -2.44. The number of nitrogens with zero attached hydrogens (tertiary/aromatic N) is 5. The number of fused-ring (bicyclic) bond motifs is 1. The van der Waals surface area contributed by atoms with Crippen LogP contribution in [0.5, 0.6) is 11.5 Å². The Kier molecular flexibility index (Phi) is 8.37. The standard InChI is InChI=1S/C29H29F2N5O5/c1-40-27-10-19(2-4-24(27)20-14-32-17-33-15-20)16-35-28(38)25-11-22(41-23(12-30)13-31)3-5-26(25)36(29(35)39)21-6-8-34(18-37)9-7-21/h2-5,10-11,14-15,17-18,21,23H,6-9,12-13,16H2,1H3. The van der Waals surface area contributed by atoms with E-state index in [1.807, 2.05) is 6.07 Å². The molecule has 41 heavy (non-hydrogen) atoms. The van der Waals surface area contributed by atoms with Gasteiger partial charge in [0.1, 0.15) is 31.2 Å². The molecule has 0 unspecified atom stereocenters. The fraction of sp³-hybridized carbons (Fsp3) is 0.345. The summed E-state index contributed by atoms with van der Waals surface area (Å²) in [6.07, 6.45) is 5.28. The zero-order chi connectivity index (χ0) is 28.9. The van der Waals surface area contributed by atoms with Crippen molar-refractivity contribution in [1.82, 2.24) is 24.0 Å². The van der Waals surface area contributed by atoms with E-state index in [1.54, 1.807) is 40.1 Å². The number of carbonyl (C=O) groups excluding carboxylic acids is 1. The van der Waals surface area contributed by atoms with Crippen LogP contribution in [0, 0.1) is 0 Å². The van der Waals surface area contributed by atoms with Crippen molar-refractivity contribution in [2.45, 2.75) is 31.5 Å². The molecule has 5 rings (SSSR count). The third-order valence-electron chi connectivity index (χ3n) is 7.28. The van der Waals surface area contributed by atoms with Crippen molar-refractivity contribution in [2.75, 3.05) is 33.5 Å². The maximum Gasteiger partial charge on any atom is 0.332 e. The molecule has 4 aromatic rings. The molecule has 1 aliphatic rings. The molecular formula is C29H29F2N5O5. The number of aromatic nitrogens is 4. The largest absolute Gasteiger partial charge is 0.496 e. The Morgan fingerprint density at radius 2 is 1.78 bits per heavy atom. The molecule has 1 amide bonds. The van der Waals surface area contributed by atoms with E-state index in [2.05, 4.69) is 9.97 Å². The second kappa shape index (κ2) is 12.3. The first-order chi connectivity index (χ1) is 20.0. The van der Waals surface area contributed by atoms with Gasteiger partial charge in [0.2, 0.25) is 6.41 Å². The molecule has 3 heterocycles. The maximum atomic E-state index is 13.9. The highest BCUT2D eigenvalue weighted by Crippen LogP contribution is 2.30. The third-order valence-corrected chi connectivity index (χ3v) is 7.28. The van der Waals surface area contributed by atoms with Gasteiger partial charge in [-0.1, -0.05) is 12.1 Å². The van der Waals surface area contributed by atoms with E-state index >= 15 is 0 Å². The van der Waals surface area contributed by atoms with Crippen molar-refractivity contribution < 1.29 is 23.0 Å². The first-order valence-corrected chi connectivity index (χ1v) is 13.2. The summed E-state index contributed by atoms with van der Waals surface area (Å²) in [4.78, 5) is 48.7. The number of likely N-dealkylation sites (tertiary alicyclic amines) is 1. The number of piperidine rings is 1. The van der Waals surface area contributed by atoms with Gasteiger partial charge in [-0.2, -0.15) is 0 Å². The van der Waals surface area contributed by atoms with Crippen LogP contribution >= 0.6 is 0 Å². The Balaban J connectivity index is 1.61. The lowest BCUT2D eigenvalue weighted by molar-refractivity contribution is -0.119. The molecule has 0 saturated carbocycles. The van der Waals surface area contributed by atoms with Crippen LogP contribution in [0.25, 0.3) is 22.0 Å². The molecule has 1 saturated heterocycles. The van der Waals surface area contributed by atoms with Gasteiger partial charge in [-0.05, 0) is 42.7 Å². The van der Waals surface area contributed by atoms with Gasteiger partial charge >= 0.3 is 5.69 Å². The molecule has 0 aliphatic carbocycles. The molecule has 0 radical (unpaired) electrons. The highest BCUT2D eigenvalue weighted by Gasteiger charge is 2.25. The molecule has 10 nitrogen and oxygen atoms in total. The fourth-order valence-electron chi connectivity index (χ4n) is 5.17. The average molecular weight is 566 g/mol. The minimum absolute atomic E-state index is 0.0502. The van der Waals surface area contributed by atoms with Crippen LogP contribution in [0.1, 0.15) is 24.4 Å². The van der Waals surface area contributed by atoms with Crippen LogP contribution in [-0.2, 0) is 11.3 Å². The van der Waals surface area contributed by atoms with E-state index in [0.717, 1.165) is 22.1 Å². The van der Waals surface area contributed by atoms with Crippen molar-refractivity contribution in [1.29, 1.82) is 0 Å². The summed E-state index contributed by atoms with van der Waals surface area (Å²) in [5.41, 5.74) is 1.47. The van der Waals surface area contributed by atoms with Crippen LogP contribution in [0.4, 0.5) is 8.78 Å². The molecule has 0 N–H and O–H groups in total. The number of rotatable bonds is 10. The lowest BCUT2D eigenvalue weighted by atomic mass is 10.0. The van der Waals surface area contributed by atoms with Crippen LogP contribution < -0.4 is 20.7 Å². The molecule has 12 heteroatoms. The number of hydrogen-bond acceptors (Lipinski definition) is 7. The van der Waals surface area contributed by atoms with E-state index in [9.17, 15) is 23.2 Å². The predicted octanol–water partition coefficient (Wildman–Crippen LogP) is 3.16. The van der Waals surface area contributed by atoms with Gasteiger partial charge in [-0.15, -0.1) is 0 Å². The van der Waals surface area contributed by atoms with E-state index in [-0.39, 0.29) is 23.7 Å². The van der Waals surface area contributed by atoms with Gasteiger partial charge in [0, 0.05) is 42.7 Å². The third kappa shape index (κ3) is 5.67. The normalized spacial score (nSPS) is 14.0. The van der Waals surface area contributed by atoms with Crippen molar-refractivity contribution in [3.63, 3.8) is 0 Å². The summed E-state index contributed by atoms with van der Waals surface area (Å²) in [6.45, 7) is -1.16. The number of amides is 1. The number of ether oxygens (including phenoxy) is 2. The summed E-state index contributed by atoms with van der Waals surface area (Å²) >= 11 is 0. The summed E-state index contributed by atoms with van der Waals surface area (Å²) in [5, 5.41) is 0.182. The second-order valence-electron chi connectivity index (χ2n) is 9.81. The Bertz CT molecular complexity index is 1650. The van der Waals surface area contributed by atoms with Gasteiger partial charge in [-0.25, -0.2) is 23.5 Å². The topological polar surface area (TPSA) is 109 Å². The molecule has 0 spiro atoms. The Labute approximate surface area is 233 Å². The number of halogens is 2. The van der Waals surface area contributed by atoms with Crippen LogP contribution in [-0.4, -0.2) is 70.1 Å². The quantitative estimate of drug-likeness (QED) is 0.272. The monoisotopic (exact) mass is 565 g/mol. The summed E-state index contributed by atoms with van der Waals surface area (Å²) < 4.78 is 40.0. The number of alkyl halides is 2. The van der Waals surface area contributed by atoms with E-state index in [4.69, 9.17) is 9.47 Å². The minimum atomic E-state index is -1.30. The lowest BCUT2D eigenvalue weighted by Gasteiger charge is -2.31. The second-order valence-corrected chi connectivity index (χ2v) is 9.81. The minimum Gasteiger partial charge on any atom is -0.496 e. The summed E-state index contributed by atoms with van der Waals surface area (Å²) in [5.74, 6) is 0.644. The SMILES string of the molecule is COc1cc(Cn2c(=O)c3cc(OC(CF)CF)ccc3n(C3CCN(C=O)CC3)c2=O)ccc1-c1cncnc1. The smallest absolute Gasteiger partial charge is 0.332 e. The molecular weight excluding hydrogens is 536 g/mol. The average Bonchev–Trinajstić information content (AvgIpc) is 3.02. The highest BCUT2D eigenvalue weighted by atomic mass is 19.1. The summed E-state index contributed by atoms with van der Waals surface area (Å²) in [7, 11) is 1.52. The predicted molar refractivity (Wildman–Crippen MR) is 148 cm³/mol. The van der Waals surface area contributed by atoms with E-state index in [1.165, 1.54) is 25.6 Å². The van der Waals surface area contributed by atoms with Crippen LogP contribution in [0.3, 0.4) is 0 Å². The van der Waals surface area contributed by atoms with E-state index < -0.39 is 30.7 Å². The number of benzene rings is 2. The molecule has 0 bridgehead atoms. The van der Waals surface area contributed by atoms with E-state index in [0.29, 0.717) is 42.8 Å². The first kappa shape index (κ1) is 27.9. The van der Waals surface area contributed by atoms with Crippen molar-refractivity contribution in [3.8, 4) is 22.6 Å². The Hall–Kier alpha value is -4.61. The zero-order valence-corrected chi connectivity index (χ0v) is 22.4. The van der Waals surface area contributed by atoms with Crippen molar-refractivity contribution >= 4 is 17.3 Å². The Morgan fingerprint density at radius 1 is 1.05 bits per heavy atom. The number of hydrogen-bond donors (Lipinski definition) is 0. The van der Waals surface area contributed by atoms with Crippen molar-refractivity contribution in [3.05, 3.63) is 81.5 Å². The molecule has 2 aromatic heterocycles. The van der Waals surface area contributed by atoms with Crippen LogP contribution in [0.2, 0.25) is 0 Å². The summed E-state index contributed by atoms with van der Waals surface area (Å²) in [6, 6.07) is 9.57. The van der Waals surface area contributed by atoms with Gasteiger partial charge in [-0.3, -0.25) is 18.7 Å². The van der Waals surface area contributed by atoms with Crippen molar-refractivity contribution in [2.24, 2.45) is 0 Å². The molecule has 2 aromatic carbocycles.